The molecular formula is C17H18ClN3O3. The highest BCUT2D eigenvalue weighted by Crippen LogP contribution is 2.23. The van der Waals surface area contributed by atoms with Gasteiger partial charge in [-0.05, 0) is 25.5 Å². The highest BCUT2D eigenvalue weighted by atomic mass is 35.5. The van der Waals surface area contributed by atoms with Crippen molar-refractivity contribution in [2.24, 2.45) is 5.73 Å². The Labute approximate surface area is 145 Å². The van der Waals surface area contributed by atoms with Gasteiger partial charge in [-0.25, -0.2) is 4.98 Å². The number of halogens is 1. The fraction of sp³-hybridized carbons (Fsp3) is 0.235. The summed E-state index contributed by atoms with van der Waals surface area (Å²) in [6.07, 6.45) is 1.24. The van der Waals surface area contributed by atoms with E-state index in [1.54, 1.807) is 30.3 Å². The van der Waals surface area contributed by atoms with Crippen LogP contribution in [0.25, 0.3) is 0 Å². The number of amides is 2. The Balaban J connectivity index is 2.19. The summed E-state index contributed by atoms with van der Waals surface area (Å²) in [5.41, 5.74) is 6.19. The van der Waals surface area contributed by atoms with Crippen LogP contribution >= 0.6 is 11.6 Å². The van der Waals surface area contributed by atoms with Crippen LogP contribution in [0.2, 0.25) is 5.02 Å². The molecule has 3 N–H and O–H groups in total. The van der Waals surface area contributed by atoms with Gasteiger partial charge in [0.1, 0.15) is 11.1 Å². The number of aromatic nitrogens is 1. The van der Waals surface area contributed by atoms with Crippen LogP contribution in [0.1, 0.15) is 35.8 Å². The summed E-state index contributed by atoms with van der Waals surface area (Å²) >= 11 is 6.07. The minimum atomic E-state index is -0.941. The third-order valence-corrected chi connectivity index (χ3v) is 3.38. The molecule has 0 aliphatic rings. The Bertz CT molecular complexity index is 735. The zero-order valence-electron chi connectivity index (χ0n) is 13.3. The van der Waals surface area contributed by atoms with Gasteiger partial charge >= 0.3 is 0 Å². The van der Waals surface area contributed by atoms with Crippen molar-refractivity contribution in [1.82, 2.24) is 10.3 Å². The van der Waals surface area contributed by atoms with Gasteiger partial charge in [-0.3, -0.25) is 9.59 Å². The van der Waals surface area contributed by atoms with Crippen molar-refractivity contribution in [2.75, 3.05) is 0 Å². The van der Waals surface area contributed by atoms with Gasteiger partial charge in [-0.1, -0.05) is 41.9 Å². The molecule has 1 atom stereocenters. The predicted molar refractivity (Wildman–Crippen MR) is 90.9 cm³/mol. The molecule has 1 aromatic carbocycles. The van der Waals surface area contributed by atoms with Crippen molar-refractivity contribution >= 4 is 23.4 Å². The number of hydrogen-bond acceptors (Lipinski definition) is 4. The number of carbonyl (C=O) groups is 2. The largest absolute Gasteiger partial charge is 0.474 e. The normalized spacial score (nSPS) is 11.8. The van der Waals surface area contributed by atoms with Gasteiger partial charge in [-0.2, -0.15) is 0 Å². The topological polar surface area (TPSA) is 94.3 Å². The van der Waals surface area contributed by atoms with Crippen LogP contribution in [0.15, 0.2) is 42.6 Å². The van der Waals surface area contributed by atoms with E-state index >= 15 is 0 Å². The molecule has 7 heteroatoms. The number of ether oxygens (including phenoxy) is 1. The van der Waals surface area contributed by atoms with E-state index in [1.165, 1.54) is 12.3 Å². The van der Waals surface area contributed by atoms with Crippen molar-refractivity contribution in [3.8, 4) is 5.88 Å². The first kappa shape index (κ1) is 17.7. The van der Waals surface area contributed by atoms with Gasteiger partial charge in [0.15, 0.2) is 0 Å². The van der Waals surface area contributed by atoms with Gasteiger partial charge in [-0.15, -0.1) is 0 Å². The van der Waals surface area contributed by atoms with Crippen LogP contribution < -0.4 is 15.8 Å². The van der Waals surface area contributed by atoms with Crippen molar-refractivity contribution in [3.63, 3.8) is 0 Å². The van der Waals surface area contributed by atoms with Crippen molar-refractivity contribution in [2.45, 2.75) is 26.0 Å². The highest BCUT2D eigenvalue weighted by molar-refractivity contribution is 6.32. The molecule has 2 rings (SSSR count). The summed E-state index contributed by atoms with van der Waals surface area (Å²) in [7, 11) is 0. The first-order valence-corrected chi connectivity index (χ1v) is 7.73. The van der Waals surface area contributed by atoms with Crippen molar-refractivity contribution < 1.29 is 14.3 Å². The van der Waals surface area contributed by atoms with Crippen molar-refractivity contribution in [3.05, 3.63) is 58.7 Å². The molecule has 126 valence electrons. The van der Waals surface area contributed by atoms with Crippen LogP contribution in [-0.4, -0.2) is 22.9 Å². The summed E-state index contributed by atoms with van der Waals surface area (Å²) in [5.74, 6) is -0.917. The fourth-order valence-electron chi connectivity index (χ4n) is 2.04. The van der Waals surface area contributed by atoms with Crippen LogP contribution in [0.5, 0.6) is 5.88 Å². The number of nitrogens with zero attached hydrogens (tertiary/aromatic N) is 1. The lowest BCUT2D eigenvalue weighted by molar-refractivity contribution is -0.120. The van der Waals surface area contributed by atoms with Crippen LogP contribution in [0.4, 0.5) is 0 Å². The van der Waals surface area contributed by atoms with E-state index in [0.717, 1.165) is 0 Å². The van der Waals surface area contributed by atoms with Crippen molar-refractivity contribution in [1.29, 1.82) is 0 Å². The molecule has 0 aliphatic heterocycles. The molecular weight excluding hydrogens is 330 g/mol. The monoisotopic (exact) mass is 347 g/mol. The van der Waals surface area contributed by atoms with E-state index in [4.69, 9.17) is 22.1 Å². The average molecular weight is 348 g/mol. The first-order chi connectivity index (χ1) is 11.4. The summed E-state index contributed by atoms with van der Waals surface area (Å²) in [4.78, 5) is 28.0. The lowest BCUT2D eigenvalue weighted by Crippen LogP contribution is -2.37. The fourth-order valence-corrected chi connectivity index (χ4v) is 2.25. The Kier molecular flexibility index (Phi) is 5.76. The van der Waals surface area contributed by atoms with E-state index in [0.29, 0.717) is 5.56 Å². The number of nitrogens with two attached hydrogens (primary N) is 1. The minimum Gasteiger partial charge on any atom is -0.474 e. The van der Waals surface area contributed by atoms with Crippen LogP contribution in [0.3, 0.4) is 0 Å². The second-order valence-electron chi connectivity index (χ2n) is 5.40. The van der Waals surface area contributed by atoms with E-state index < -0.39 is 17.9 Å². The summed E-state index contributed by atoms with van der Waals surface area (Å²) in [5, 5.41) is 2.80. The van der Waals surface area contributed by atoms with E-state index in [9.17, 15) is 9.59 Å². The van der Waals surface area contributed by atoms with E-state index in [2.05, 4.69) is 10.3 Å². The molecule has 1 heterocycles. The lowest BCUT2D eigenvalue weighted by atomic mass is 10.1. The minimum absolute atomic E-state index is 0.0907. The molecule has 6 nitrogen and oxygen atoms in total. The first-order valence-electron chi connectivity index (χ1n) is 7.35. The molecule has 0 unspecified atom stereocenters. The number of nitrogens with one attached hydrogen (secondary N) is 1. The molecule has 0 spiro atoms. The number of carbonyl (C=O) groups excluding carboxylic acids is 2. The Morgan fingerprint density at radius 1 is 1.25 bits per heavy atom. The molecule has 24 heavy (non-hydrogen) atoms. The number of benzene rings is 1. The molecule has 1 aromatic heterocycles. The summed E-state index contributed by atoms with van der Waals surface area (Å²) < 4.78 is 5.42. The van der Waals surface area contributed by atoms with Gasteiger partial charge < -0.3 is 15.8 Å². The molecule has 0 fully saturated rings. The predicted octanol–water partition coefficient (Wildman–Crippen LogP) is 2.48. The molecule has 0 saturated heterocycles. The zero-order valence-corrected chi connectivity index (χ0v) is 14.1. The Hall–Kier alpha value is -2.60. The summed E-state index contributed by atoms with van der Waals surface area (Å²) in [6, 6.07) is 9.23. The van der Waals surface area contributed by atoms with Gasteiger partial charge in [0.25, 0.3) is 5.91 Å². The van der Waals surface area contributed by atoms with E-state index in [1.807, 2.05) is 13.8 Å². The Morgan fingerprint density at radius 2 is 1.92 bits per heavy atom. The SMILES string of the molecule is CC(C)Oc1ncc(C(=O)N[C@@H](C(N)=O)c2ccccc2)cc1Cl. The quantitative estimate of drug-likeness (QED) is 0.839. The second-order valence-corrected chi connectivity index (χ2v) is 5.80. The maximum atomic E-state index is 12.4. The second kappa shape index (κ2) is 7.79. The lowest BCUT2D eigenvalue weighted by Gasteiger charge is -2.16. The molecule has 2 amide bonds. The smallest absolute Gasteiger partial charge is 0.253 e. The summed E-state index contributed by atoms with van der Waals surface area (Å²) in [6.45, 7) is 3.69. The zero-order chi connectivity index (χ0) is 17.7. The van der Waals surface area contributed by atoms with Crippen LogP contribution in [0, 0.1) is 0 Å². The molecule has 0 radical (unpaired) electrons. The third kappa shape index (κ3) is 4.45. The molecule has 0 aliphatic carbocycles. The van der Waals surface area contributed by atoms with Crippen LogP contribution in [-0.2, 0) is 4.79 Å². The molecule has 0 bridgehead atoms. The standard InChI is InChI=1S/C17H18ClN3O3/c1-10(2)24-17-13(18)8-12(9-20-17)16(23)21-14(15(19)22)11-6-4-3-5-7-11/h3-10,14H,1-2H3,(H2,19,22)(H,21,23)/t14-/m1/s1. The molecule has 0 saturated carbocycles. The number of pyridine rings is 1. The Morgan fingerprint density at radius 3 is 2.46 bits per heavy atom. The maximum absolute atomic E-state index is 12.4. The van der Waals surface area contributed by atoms with E-state index in [-0.39, 0.29) is 22.6 Å². The maximum Gasteiger partial charge on any atom is 0.253 e. The third-order valence-electron chi connectivity index (χ3n) is 3.11. The van der Waals surface area contributed by atoms with Gasteiger partial charge in [0.05, 0.1) is 11.7 Å². The van der Waals surface area contributed by atoms with Gasteiger partial charge in [0, 0.05) is 6.20 Å². The highest BCUT2D eigenvalue weighted by Gasteiger charge is 2.21. The average Bonchev–Trinajstić information content (AvgIpc) is 2.54. The number of primary amides is 1. The number of hydrogen-bond donors (Lipinski definition) is 2. The molecule has 2 aromatic rings. The van der Waals surface area contributed by atoms with Gasteiger partial charge in [0.2, 0.25) is 11.8 Å². The number of rotatable bonds is 6.